The van der Waals surface area contributed by atoms with E-state index in [4.69, 9.17) is 9.66 Å². The fourth-order valence-electron chi connectivity index (χ4n) is 0.749. The maximum atomic E-state index is 10.4. The number of carbonyl (C=O) groups is 1. The van der Waals surface area contributed by atoms with Crippen LogP contribution in [-0.4, -0.2) is 30.2 Å². The van der Waals surface area contributed by atoms with E-state index in [1.807, 2.05) is 6.92 Å². The summed E-state index contributed by atoms with van der Waals surface area (Å²) in [5.74, 6) is -1.40. The molecule has 1 unspecified atom stereocenters. The van der Waals surface area contributed by atoms with E-state index in [0.29, 0.717) is 6.42 Å². The summed E-state index contributed by atoms with van der Waals surface area (Å²) >= 11 is 0. The van der Waals surface area contributed by atoms with Crippen molar-refractivity contribution in [1.29, 1.82) is 0 Å². The molecule has 0 radical (unpaired) electrons. The Morgan fingerprint density at radius 3 is 2.38 bits per heavy atom. The predicted octanol–water partition coefficient (Wildman–Crippen LogP) is 0.449. The van der Waals surface area contributed by atoms with Crippen molar-refractivity contribution < 1.29 is 27.1 Å². The third-order valence-electron chi connectivity index (χ3n) is 1.33. The number of rotatable bonds is 6. The first-order valence-electron chi connectivity index (χ1n) is 3.75. The molecular formula is C6H12O6S. The van der Waals surface area contributed by atoms with Crippen molar-refractivity contribution >= 4 is 16.4 Å². The zero-order valence-electron chi connectivity index (χ0n) is 7.13. The summed E-state index contributed by atoms with van der Waals surface area (Å²) in [6.07, 6.45) is -0.188. The third kappa shape index (κ3) is 6.50. The average Bonchev–Trinajstić information content (AvgIpc) is 1.95. The van der Waals surface area contributed by atoms with E-state index < -0.39 is 22.5 Å². The van der Waals surface area contributed by atoms with Gasteiger partial charge in [0, 0.05) is 0 Å². The van der Waals surface area contributed by atoms with Gasteiger partial charge in [-0.25, -0.2) is 8.98 Å². The van der Waals surface area contributed by atoms with Crippen molar-refractivity contribution in [1.82, 2.24) is 0 Å². The van der Waals surface area contributed by atoms with Crippen molar-refractivity contribution in [2.24, 2.45) is 0 Å². The molecule has 1 atom stereocenters. The van der Waals surface area contributed by atoms with Crippen LogP contribution in [0.15, 0.2) is 0 Å². The molecule has 0 fully saturated rings. The number of aliphatic carboxylic acids is 1. The number of unbranched alkanes of at least 4 members (excludes halogenated alkanes) is 1. The monoisotopic (exact) mass is 212 g/mol. The van der Waals surface area contributed by atoms with Gasteiger partial charge >= 0.3 is 16.4 Å². The van der Waals surface area contributed by atoms with Crippen molar-refractivity contribution in [2.45, 2.75) is 32.3 Å². The highest BCUT2D eigenvalue weighted by Gasteiger charge is 2.23. The Kier molecular flexibility index (Phi) is 4.89. The van der Waals surface area contributed by atoms with Crippen LogP contribution < -0.4 is 0 Å². The van der Waals surface area contributed by atoms with Crippen molar-refractivity contribution in [3.8, 4) is 0 Å². The third-order valence-corrected chi connectivity index (χ3v) is 1.81. The lowest BCUT2D eigenvalue weighted by molar-refractivity contribution is -0.145. The Morgan fingerprint density at radius 2 is 2.08 bits per heavy atom. The second kappa shape index (κ2) is 5.15. The summed E-state index contributed by atoms with van der Waals surface area (Å²) in [6, 6.07) is 0. The predicted molar refractivity (Wildman–Crippen MR) is 43.6 cm³/mol. The van der Waals surface area contributed by atoms with Crippen LogP contribution in [0.2, 0.25) is 0 Å². The molecule has 78 valence electrons. The van der Waals surface area contributed by atoms with E-state index in [1.54, 1.807) is 0 Å². The first kappa shape index (κ1) is 12.3. The molecule has 0 amide bonds. The molecule has 0 rings (SSSR count). The normalized spacial score (nSPS) is 14.0. The molecule has 0 spiro atoms. The number of hydrogen-bond donors (Lipinski definition) is 2. The summed E-state index contributed by atoms with van der Waals surface area (Å²) in [6.45, 7) is 1.83. The highest BCUT2D eigenvalue weighted by molar-refractivity contribution is 7.80. The first-order chi connectivity index (χ1) is 5.87. The maximum Gasteiger partial charge on any atom is 0.398 e. The Labute approximate surface area is 76.5 Å². The second-order valence-corrected chi connectivity index (χ2v) is 3.54. The SMILES string of the molecule is CCCCC(OS(=O)(=O)O)C(=O)O. The molecule has 0 bridgehead atoms. The van der Waals surface area contributed by atoms with Gasteiger partial charge in [-0.3, -0.25) is 4.55 Å². The smallest absolute Gasteiger partial charge is 0.398 e. The van der Waals surface area contributed by atoms with Gasteiger partial charge in [-0.05, 0) is 6.42 Å². The molecule has 0 heterocycles. The molecule has 0 saturated heterocycles. The van der Waals surface area contributed by atoms with Crippen LogP contribution in [0.4, 0.5) is 0 Å². The summed E-state index contributed by atoms with van der Waals surface area (Å²) < 4.78 is 32.5. The molecule has 0 saturated carbocycles. The molecule has 0 aliphatic carbocycles. The lowest BCUT2D eigenvalue weighted by Gasteiger charge is -2.09. The van der Waals surface area contributed by atoms with E-state index in [1.165, 1.54) is 0 Å². The highest BCUT2D eigenvalue weighted by atomic mass is 32.3. The molecule has 2 N–H and O–H groups in total. The van der Waals surface area contributed by atoms with Gasteiger partial charge in [0.05, 0.1) is 0 Å². The molecule has 0 aromatic rings. The number of carboxylic acid groups (broad SMARTS) is 1. The van der Waals surface area contributed by atoms with E-state index in [9.17, 15) is 13.2 Å². The largest absolute Gasteiger partial charge is 0.479 e. The van der Waals surface area contributed by atoms with Crippen molar-refractivity contribution in [3.63, 3.8) is 0 Å². The minimum atomic E-state index is -4.68. The van der Waals surface area contributed by atoms with Crippen LogP contribution in [-0.2, 0) is 19.4 Å². The molecule has 0 aliphatic heterocycles. The Hall–Kier alpha value is -0.660. The van der Waals surface area contributed by atoms with Crippen LogP contribution in [0, 0.1) is 0 Å². The van der Waals surface area contributed by atoms with Gasteiger partial charge in [-0.2, -0.15) is 8.42 Å². The Morgan fingerprint density at radius 1 is 1.54 bits per heavy atom. The lowest BCUT2D eigenvalue weighted by Crippen LogP contribution is -2.26. The standard InChI is InChI=1S/C6H12O6S/c1-2-3-4-5(6(7)8)12-13(9,10)11/h5H,2-4H2,1H3,(H,7,8)(H,9,10,11). The summed E-state index contributed by atoms with van der Waals surface area (Å²) in [4.78, 5) is 10.4. The first-order valence-corrected chi connectivity index (χ1v) is 5.12. The van der Waals surface area contributed by atoms with Gasteiger partial charge in [-0.1, -0.05) is 19.8 Å². The zero-order chi connectivity index (χ0) is 10.5. The Balaban J connectivity index is 4.19. The molecule has 0 aliphatic rings. The van der Waals surface area contributed by atoms with E-state index in [2.05, 4.69) is 4.18 Å². The molecule has 7 heteroatoms. The van der Waals surface area contributed by atoms with Crippen LogP contribution in [0.5, 0.6) is 0 Å². The molecule has 6 nitrogen and oxygen atoms in total. The summed E-state index contributed by atoms with van der Waals surface area (Å²) in [5, 5.41) is 8.46. The van der Waals surface area contributed by atoms with Gasteiger partial charge in [0.1, 0.15) is 0 Å². The second-order valence-electron chi connectivity index (χ2n) is 2.49. The zero-order valence-corrected chi connectivity index (χ0v) is 7.95. The fourth-order valence-corrected chi connectivity index (χ4v) is 1.22. The van der Waals surface area contributed by atoms with Gasteiger partial charge in [0.15, 0.2) is 6.10 Å². The maximum absolute atomic E-state index is 10.4. The van der Waals surface area contributed by atoms with E-state index in [0.717, 1.165) is 6.42 Å². The number of carboxylic acids is 1. The molecule has 0 aromatic heterocycles. The minimum Gasteiger partial charge on any atom is -0.479 e. The van der Waals surface area contributed by atoms with Gasteiger partial charge < -0.3 is 5.11 Å². The van der Waals surface area contributed by atoms with Gasteiger partial charge in [0.2, 0.25) is 0 Å². The van der Waals surface area contributed by atoms with Gasteiger partial charge in [-0.15, -0.1) is 0 Å². The quantitative estimate of drug-likeness (QED) is 0.620. The topological polar surface area (TPSA) is 101 Å². The van der Waals surface area contributed by atoms with E-state index in [-0.39, 0.29) is 6.42 Å². The van der Waals surface area contributed by atoms with Crippen LogP contribution in [0.1, 0.15) is 26.2 Å². The molecule has 13 heavy (non-hydrogen) atoms. The van der Waals surface area contributed by atoms with Crippen LogP contribution in [0.25, 0.3) is 0 Å². The van der Waals surface area contributed by atoms with Crippen LogP contribution in [0.3, 0.4) is 0 Å². The van der Waals surface area contributed by atoms with E-state index >= 15 is 0 Å². The highest BCUT2D eigenvalue weighted by Crippen LogP contribution is 2.07. The number of hydrogen-bond acceptors (Lipinski definition) is 4. The fraction of sp³-hybridized carbons (Fsp3) is 0.833. The average molecular weight is 212 g/mol. The summed E-state index contributed by atoms with van der Waals surface area (Å²) in [5.41, 5.74) is 0. The van der Waals surface area contributed by atoms with Gasteiger partial charge in [0.25, 0.3) is 0 Å². The summed E-state index contributed by atoms with van der Waals surface area (Å²) in [7, 11) is -4.68. The molecule has 0 aromatic carbocycles. The van der Waals surface area contributed by atoms with Crippen molar-refractivity contribution in [3.05, 3.63) is 0 Å². The minimum absolute atomic E-state index is 0.0611. The molecular weight excluding hydrogens is 200 g/mol. The van der Waals surface area contributed by atoms with Crippen LogP contribution >= 0.6 is 0 Å². The Bertz CT molecular complexity index is 256. The lowest BCUT2D eigenvalue weighted by atomic mass is 10.2. The van der Waals surface area contributed by atoms with Crippen molar-refractivity contribution in [2.75, 3.05) is 0 Å².